The second-order valence-corrected chi connectivity index (χ2v) is 7.94. The Kier molecular flexibility index (Phi) is 4.50. The fourth-order valence-electron chi connectivity index (χ4n) is 4.26. The largest absolute Gasteiger partial charge is 0.339 e. The van der Waals surface area contributed by atoms with Gasteiger partial charge in [0.05, 0.1) is 0 Å². The lowest BCUT2D eigenvalue weighted by atomic mass is 9.92. The molecule has 0 spiro atoms. The van der Waals surface area contributed by atoms with Crippen LogP contribution in [0.5, 0.6) is 0 Å². The molecule has 1 aromatic rings. The summed E-state index contributed by atoms with van der Waals surface area (Å²) in [6.45, 7) is 5.94. The van der Waals surface area contributed by atoms with Crippen molar-refractivity contribution < 1.29 is 9.59 Å². The van der Waals surface area contributed by atoms with Crippen LogP contribution in [-0.4, -0.2) is 42.9 Å². The van der Waals surface area contributed by atoms with Gasteiger partial charge in [-0.05, 0) is 68.3 Å². The van der Waals surface area contributed by atoms with Crippen molar-refractivity contribution in [1.29, 1.82) is 0 Å². The molecule has 5 nitrogen and oxygen atoms in total. The SMILES string of the molecule is CC1CC1C(=O)Nc1cccc(C(=O)N2CC[C@@H]3CNC[C@@H]3CC2)c1. The van der Waals surface area contributed by atoms with Crippen LogP contribution >= 0.6 is 0 Å². The molecule has 3 fully saturated rings. The number of rotatable bonds is 3. The standard InChI is InChI=1S/C20H27N3O2/c1-13-9-18(13)19(24)22-17-4-2-3-14(10-17)20(25)23-7-5-15-11-21-12-16(15)6-8-23/h2-4,10,13,15-16,18,21H,5-9,11-12H2,1H3,(H,22,24)/t13?,15-,16+,18?. The average molecular weight is 341 g/mol. The minimum atomic E-state index is 0.0761. The number of anilines is 1. The summed E-state index contributed by atoms with van der Waals surface area (Å²) in [5.41, 5.74) is 1.40. The Hall–Kier alpha value is -1.88. The summed E-state index contributed by atoms with van der Waals surface area (Å²) >= 11 is 0. The highest BCUT2D eigenvalue weighted by molar-refractivity contribution is 5.98. The van der Waals surface area contributed by atoms with Gasteiger partial charge >= 0.3 is 0 Å². The maximum Gasteiger partial charge on any atom is 0.253 e. The molecule has 4 rings (SSSR count). The van der Waals surface area contributed by atoms with Crippen LogP contribution in [0.1, 0.15) is 36.5 Å². The number of likely N-dealkylation sites (tertiary alicyclic amines) is 1. The smallest absolute Gasteiger partial charge is 0.253 e. The molecule has 2 saturated heterocycles. The van der Waals surface area contributed by atoms with E-state index in [2.05, 4.69) is 17.6 Å². The maximum atomic E-state index is 12.9. The van der Waals surface area contributed by atoms with Gasteiger partial charge in [0.15, 0.2) is 0 Å². The van der Waals surface area contributed by atoms with Crippen LogP contribution in [-0.2, 0) is 4.79 Å². The van der Waals surface area contributed by atoms with Crippen molar-refractivity contribution in [3.05, 3.63) is 29.8 Å². The summed E-state index contributed by atoms with van der Waals surface area (Å²) in [6, 6.07) is 7.39. The van der Waals surface area contributed by atoms with Gasteiger partial charge in [-0.3, -0.25) is 9.59 Å². The quantitative estimate of drug-likeness (QED) is 0.887. The number of nitrogens with zero attached hydrogens (tertiary/aromatic N) is 1. The van der Waals surface area contributed by atoms with E-state index in [9.17, 15) is 9.59 Å². The van der Waals surface area contributed by atoms with Gasteiger partial charge in [-0.15, -0.1) is 0 Å². The second kappa shape index (κ2) is 6.79. The Balaban J connectivity index is 1.41. The number of hydrogen-bond donors (Lipinski definition) is 2. The van der Waals surface area contributed by atoms with E-state index in [1.54, 1.807) is 0 Å². The summed E-state index contributed by atoms with van der Waals surface area (Å²) in [5.74, 6) is 2.21. The molecule has 2 N–H and O–H groups in total. The van der Waals surface area contributed by atoms with Gasteiger partial charge in [0.1, 0.15) is 0 Å². The van der Waals surface area contributed by atoms with Gasteiger partial charge < -0.3 is 15.5 Å². The normalized spacial score (nSPS) is 31.2. The van der Waals surface area contributed by atoms with Crippen molar-refractivity contribution in [1.82, 2.24) is 10.2 Å². The number of fused-ring (bicyclic) bond motifs is 1. The van der Waals surface area contributed by atoms with Gasteiger partial charge in [-0.1, -0.05) is 13.0 Å². The molecule has 2 aliphatic heterocycles. The van der Waals surface area contributed by atoms with E-state index < -0.39 is 0 Å². The van der Waals surface area contributed by atoms with E-state index in [0.717, 1.165) is 51.1 Å². The van der Waals surface area contributed by atoms with Gasteiger partial charge in [0, 0.05) is 30.3 Å². The predicted molar refractivity (Wildman–Crippen MR) is 97.3 cm³/mol. The topological polar surface area (TPSA) is 61.4 Å². The van der Waals surface area contributed by atoms with E-state index >= 15 is 0 Å². The molecular formula is C20H27N3O2. The first-order chi connectivity index (χ1) is 12.1. The van der Waals surface area contributed by atoms with Gasteiger partial charge in [0.2, 0.25) is 5.91 Å². The van der Waals surface area contributed by atoms with Crippen LogP contribution in [0.2, 0.25) is 0 Å². The molecule has 2 unspecified atom stereocenters. The van der Waals surface area contributed by atoms with Crippen LogP contribution in [0.3, 0.4) is 0 Å². The third-order valence-corrected chi connectivity index (χ3v) is 6.13. The first-order valence-electron chi connectivity index (χ1n) is 9.52. The van der Waals surface area contributed by atoms with Crippen molar-refractivity contribution in [2.45, 2.75) is 26.2 Å². The Morgan fingerprint density at radius 3 is 2.48 bits per heavy atom. The summed E-state index contributed by atoms with van der Waals surface area (Å²) < 4.78 is 0. The highest BCUT2D eigenvalue weighted by Crippen LogP contribution is 2.38. The highest BCUT2D eigenvalue weighted by Gasteiger charge is 2.39. The minimum Gasteiger partial charge on any atom is -0.339 e. The second-order valence-electron chi connectivity index (χ2n) is 7.94. The van der Waals surface area contributed by atoms with Gasteiger partial charge in [-0.2, -0.15) is 0 Å². The molecule has 5 heteroatoms. The molecule has 0 aromatic heterocycles. The van der Waals surface area contributed by atoms with E-state index in [4.69, 9.17) is 0 Å². The molecule has 1 aromatic carbocycles. The molecule has 2 heterocycles. The molecule has 2 amide bonds. The molecule has 1 saturated carbocycles. The summed E-state index contributed by atoms with van der Waals surface area (Å²) in [6.07, 6.45) is 3.13. The Morgan fingerprint density at radius 2 is 1.84 bits per heavy atom. The first kappa shape index (κ1) is 16.6. The summed E-state index contributed by atoms with van der Waals surface area (Å²) in [7, 11) is 0. The van der Waals surface area contributed by atoms with E-state index in [1.807, 2.05) is 29.2 Å². The fourth-order valence-corrected chi connectivity index (χ4v) is 4.26. The lowest BCUT2D eigenvalue weighted by Gasteiger charge is -2.21. The van der Waals surface area contributed by atoms with Crippen LogP contribution in [0.4, 0.5) is 5.69 Å². The molecule has 0 bridgehead atoms. The van der Waals surface area contributed by atoms with Gasteiger partial charge in [-0.25, -0.2) is 0 Å². The van der Waals surface area contributed by atoms with Crippen molar-refractivity contribution in [3.63, 3.8) is 0 Å². The lowest BCUT2D eigenvalue weighted by Crippen LogP contribution is -2.32. The van der Waals surface area contributed by atoms with Crippen LogP contribution in [0.25, 0.3) is 0 Å². The molecule has 134 valence electrons. The van der Waals surface area contributed by atoms with E-state index in [-0.39, 0.29) is 17.7 Å². The number of carbonyl (C=O) groups excluding carboxylic acids is 2. The third kappa shape index (κ3) is 3.56. The highest BCUT2D eigenvalue weighted by atomic mass is 16.2. The zero-order valence-electron chi connectivity index (χ0n) is 14.8. The first-order valence-corrected chi connectivity index (χ1v) is 9.52. The third-order valence-electron chi connectivity index (χ3n) is 6.13. The molecule has 25 heavy (non-hydrogen) atoms. The zero-order chi connectivity index (χ0) is 17.4. The Bertz CT molecular complexity index is 661. The van der Waals surface area contributed by atoms with Gasteiger partial charge in [0.25, 0.3) is 5.91 Å². The minimum absolute atomic E-state index is 0.0761. The summed E-state index contributed by atoms with van der Waals surface area (Å²) in [4.78, 5) is 27.0. The number of nitrogens with one attached hydrogen (secondary N) is 2. The monoisotopic (exact) mass is 341 g/mol. The number of carbonyl (C=O) groups is 2. The Morgan fingerprint density at radius 1 is 1.16 bits per heavy atom. The Labute approximate surface area is 149 Å². The average Bonchev–Trinajstić information content (AvgIpc) is 3.25. The fraction of sp³-hybridized carbons (Fsp3) is 0.600. The number of hydrogen-bond acceptors (Lipinski definition) is 3. The van der Waals surface area contributed by atoms with Crippen molar-refractivity contribution >= 4 is 17.5 Å². The summed E-state index contributed by atoms with van der Waals surface area (Å²) in [5, 5.41) is 6.43. The van der Waals surface area contributed by atoms with Crippen LogP contribution in [0, 0.1) is 23.7 Å². The lowest BCUT2D eigenvalue weighted by molar-refractivity contribution is -0.117. The van der Waals surface area contributed by atoms with Crippen molar-refractivity contribution in [3.8, 4) is 0 Å². The molecular weight excluding hydrogens is 314 g/mol. The molecule has 4 atom stereocenters. The number of benzene rings is 1. The van der Waals surface area contributed by atoms with Crippen LogP contribution in [0.15, 0.2) is 24.3 Å². The number of amides is 2. The molecule has 0 radical (unpaired) electrons. The van der Waals surface area contributed by atoms with Crippen LogP contribution < -0.4 is 10.6 Å². The van der Waals surface area contributed by atoms with Crippen molar-refractivity contribution in [2.75, 3.05) is 31.5 Å². The molecule has 3 aliphatic rings. The maximum absolute atomic E-state index is 12.9. The predicted octanol–water partition coefficient (Wildman–Crippen LogP) is 2.35. The molecule has 1 aliphatic carbocycles. The zero-order valence-corrected chi connectivity index (χ0v) is 14.8. The van der Waals surface area contributed by atoms with E-state index in [1.165, 1.54) is 0 Å². The van der Waals surface area contributed by atoms with Crippen molar-refractivity contribution in [2.24, 2.45) is 23.7 Å². The van der Waals surface area contributed by atoms with E-state index in [0.29, 0.717) is 23.3 Å².